The maximum absolute atomic E-state index is 10.6. The molecular weight excluding hydrogens is 192 g/mol. The Labute approximate surface area is 89.4 Å². The first-order valence-electron chi connectivity index (χ1n) is 5.08. The van der Waals surface area contributed by atoms with Crippen LogP contribution in [-0.2, 0) is 11.2 Å². The zero-order valence-electron chi connectivity index (χ0n) is 9.03. The minimum atomic E-state index is -0.924. The predicted octanol–water partition coefficient (Wildman–Crippen LogP) is 2.53. The molecule has 0 aliphatic carbocycles. The smallest absolute Gasteiger partial charge is 0.307 e. The van der Waals surface area contributed by atoms with Crippen molar-refractivity contribution in [2.45, 2.75) is 32.6 Å². The summed E-state index contributed by atoms with van der Waals surface area (Å²) >= 11 is 0. The molecule has 1 aromatic rings. The van der Waals surface area contributed by atoms with Gasteiger partial charge in [0.2, 0.25) is 0 Å². The molecule has 1 atom stereocenters. The van der Waals surface area contributed by atoms with Crippen LogP contribution in [0.1, 0.15) is 37.3 Å². The monoisotopic (exact) mass is 208 g/mol. The number of phenolic OH excluding ortho intramolecular Hbond substituents is 1. The summed E-state index contributed by atoms with van der Waals surface area (Å²) in [7, 11) is 0. The van der Waals surface area contributed by atoms with Crippen LogP contribution in [0.3, 0.4) is 0 Å². The first-order chi connectivity index (χ1) is 7.04. The molecule has 1 unspecified atom stereocenters. The number of phenols is 1. The minimum absolute atomic E-state index is 0.0597. The van der Waals surface area contributed by atoms with E-state index in [-0.39, 0.29) is 12.2 Å². The Morgan fingerprint density at radius 1 is 1.47 bits per heavy atom. The van der Waals surface area contributed by atoms with Crippen molar-refractivity contribution in [3.05, 3.63) is 29.3 Å². The third-order valence-electron chi connectivity index (χ3n) is 2.63. The Kier molecular flexibility index (Phi) is 3.72. The Balaban J connectivity index is 2.99. The molecule has 3 nitrogen and oxygen atoms in total. The molecule has 0 spiro atoms. The van der Waals surface area contributed by atoms with Crippen molar-refractivity contribution in [1.82, 2.24) is 0 Å². The molecule has 0 saturated heterocycles. The highest BCUT2D eigenvalue weighted by molar-refractivity contribution is 5.71. The topological polar surface area (TPSA) is 57.5 Å². The summed E-state index contributed by atoms with van der Waals surface area (Å²) in [5.74, 6) is -0.478. The Morgan fingerprint density at radius 2 is 2.13 bits per heavy atom. The van der Waals surface area contributed by atoms with Gasteiger partial charge in [0.1, 0.15) is 5.75 Å². The van der Waals surface area contributed by atoms with Gasteiger partial charge in [0.15, 0.2) is 0 Å². The third kappa shape index (κ3) is 2.98. The second kappa shape index (κ2) is 4.82. The maximum atomic E-state index is 10.6. The molecule has 0 bridgehead atoms. The van der Waals surface area contributed by atoms with Gasteiger partial charge in [0.05, 0.1) is 6.42 Å². The largest absolute Gasteiger partial charge is 0.508 e. The van der Waals surface area contributed by atoms with Crippen molar-refractivity contribution in [3.8, 4) is 5.75 Å². The van der Waals surface area contributed by atoms with Gasteiger partial charge in [-0.1, -0.05) is 26.0 Å². The van der Waals surface area contributed by atoms with E-state index in [4.69, 9.17) is 5.11 Å². The second-order valence-corrected chi connectivity index (χ2v) is 3.77. The van der Waals surface area contributed by atoms with Crippen LogP contribution in [-0.4, -0.2) is 16.2 Å². The number of aromatic hydroxyl groups is 1. The molecule has 0 aliphatic rings. The summed E-state index contributed by atoms with van der Waals surface area (Å²) in [5, 5.41) is 18.1. The van der Waals surface area contributed by atoms with Crippen LogP contribution in [0.2, 0.25) is 0 Å². The highest BCUT2D eigenvalue weighted by atomic mass is 16.4. The standard InChI is InChI=1S/C12H16O3/c1-3-8(2)9-4-5-11(13)10(6-9)7-12(14)15/h4-6,8,13H,3,7H2,1-2H3,(H,14,15). The van der Waals surface area contributed by atoms with Crippen molar-refractivity contribution >= 4 is 5.97 Å². The summed E-state index contributed by atoms with van der Waals surface area (Å²) < 4.78 is 0. The average molecular weight is 208 g/mol. The van der Waals surface area contributed by atoms with Gasteiger partial charge in [-0.25, -0.2) is 0 Å². The second-order valence-electron chi connectivity index (χ2n) is 3.77. The van der Waals surface area contributed by atoms with Crippen molar-refractivity contribution in [2.24, 2.45) is 0 Å². The van der Waals surface area contributed by atoms with Crippen LogP contribution >= 0.6 is 0 Å². The van der Waals surface area contributed by atoms with Gasteiger partial charge < -0.3 is 10.2 Å². The van der Waals surface area contributed by atoms with Crippen molar-refractivity contribution in [3.63, 3.8) is 0 Å². The van der Waals surface area contributed by atoms with E-state index in [2.05, 4.69) is 13.8 Å². The van der Waals surface area contributed by atoms with Crippen LogP contribution in [0.5, 0.6) is 5.75 Å². The Morgan fingerprint density at radius 3 is 2.67 bits per heavy atom. The van der Waals surface area contributed by atoms with Crippen LogP contribution < -0.4 is 0 Å². The first kappa shape index (κ1) is 11.6. The highest BCUT2D eigenvalue weighted by Gasteiger charge is 2.09. The van der Waals surface area contributed by atoms with Gasteiger partial charge >= 0.3 is 5.97 Å². The summed E-state index contributed by atoms with van der Waals surface area (Å²) in [5.41, 5.74) is 1.56. The molecule has 0 aromatic heterocycles. The van der Waals surface area contributed by atoms with Crippen molar-refractivity contribution in [1.29, 1.82) is 0 Å². The fourth-order valence-corrected chi connectivity index (χ4v) is 1.45. The van der Waals surface area contributed by atoms with E-state index in [1.807, 2.05) is 6.07 Å². The zero-order chi connectivity index (χ0) is 11.4. The van der Waals surface area contributed by atoms with Crippen molar-refractivity contribution < 1.29 is 15.0 Å². The van der Waals surface area contributed by atoms with E-state index in [9.17, 15) is 9.90 Å². The van der Waals surface area contributed by atoms with E-state index >= 15 is 0 Å². The van der Waals surface area contributed by atoms with Gasteiger partial charge in [-0.15, -0.1) is 0 Å². The lowest BCUT2D eigenvalue weighted by Gasteiger charge is -2.11. The summed E-state index contributed by atoms with van der Waals surface area (Å²) in [6.07, 6.45) is 0.868. The van der Waals surface area contributed by atoms with Crippen LogP contribution in [0.15, 0.2) is 18.2 Å². The highest BCUT2D eigenvalue weighted by Crippen LogP contribution is 2.25. The molecule has 1 rings (SSSR count). The number of rotatable bonds is 4. The summed E-state index contributed by atoms with van der Waals surface area (Å²) in [6, 6.07) is 5.19. The molecule has 0 radical (unpaired) electrons. The van der Waals surface area contributed by atoms with E-state index in [1.54, 1.807) is 12.1 Å². The van der Waals surface area contributed by atoms with Crippen molar-refractivity contribution in [2.75, 3.05) is 0 Å². The lowest BCUT2D eigenvalue weighted by Crippen LogP contribution is -2.02. The molecule has 82 valence electrons. The zero-order valence-corrected chi connectivity index (χ0v) is 9.03. The van der Waals surface area contributed by atoms with E-state index in [0.717, 1.165) is 12.0 Å². The summed E-state index contributed by atoms with van der Waals surface area (Å²) in [4.78, 5) is 10.6. The fourth-order valence-electron chi connectivity index (χ4n) is 1.45. The molecule has 1 aromatic carbocycles. The Hall–Kier alpha value is -1.51. The van der Waals surface area contributed by atoms with Crippen LogP contribution in [0, 0.1) is 0 Å². The van der Waals surface area contributed by atoms with E-state index < -0.39 is 5.97 Å². The number of carbonyl (C=O) groups is 1. The number of hydrogen-bond donors (Lipinski definition) is 2. The van der Waals surface area contributed by atoms with E-state index in [0.29, 0.717) is 11.5 Å². The van der Waals surface area contributed by atoms with Gasteiger partial charge in [0.25, 0.3) is 0 Å². The van der Waals surface area contributed by atoms with E-state index in [1.165, 1.54) is 0 Å². The van der Waals surface area contributed by atoms with Gasteiger partial charge in [-0.3, -0.25) is 4.79 Å². The molecule has 15 heavy (non-hydrogen) atoms. The van der Waals surface area contributed by atoms with Gasteiger partial charge in [-0.2, -0.15) is 0 Å². The molecule has 0 heterocycles. The quantitative estimate of drug-likeness (QED) is 0.799. The fraction of sp³-hybridized carbons (Fsp3) is 0.417. The molecule has 0 saturated carbocycles. The minimum Gasteiger partial charge on any atom is -0.508 e. The number of carboxylic acids is 1. The first-order valence-corrected chi connectivity index (χ1v) is 5.08. The van der Waals surface area contributed by atoms with Crippen LogP contribution in [0.25, 0.3) is 0 Å². The lowest BCUT2D eigenvalue weighted by atomic mass is 9.95. The average Bonchev–Trinajstić information content (AvgIpc) is 2.19. The van der Waals surface area contributed by atoms with Crippen LogP contribution in [0.4, 0.5) is 0 Å². The lowest BCUT2D eigenvalue weighted by molar-refractivity contribution is -0.136. The number of aliphatic carboxylic acids is 1. The Bertz CT molecular complexity index is 358. The summed E-state index contributed by atoms with van der Waals surface area (Å²) in [6.45, 7) is 4.16. The molecule has 0 fully saturated rings. The molecular formula is C12H16O3. The number of hydrogen-bond acceptors (Lipinski definition) is 2. The molecule has 3 heteroatoms. The molecule has 0 amide bonds. The predicted molar refractivity (Wildman–Crippen MR) is 58.2 cm³/mol. The number of carboxylic acid groups (broad SMARTS) is 1. The molecule has 0 aliphatic heterocycles. The molecule has 2 N–H and O–H groups in total. The van der Waals surface area contributed by atoms with Gasteiger partial charge in [0, 0.05) is 5.56 Å². The normalized spacial score (nSPS) is 12.4. The maximum Gasteiger partial charge on any atom is 0.307 e. The third-order valence-corrected chi connectivity index (χ3v) is 2.63. The SMILES string of the molecule is CCC(C)c1ccc(O)c(CC(=O)O)c1. The number of benzene rings is 1. The van der Waals surface area contributed by atoms with Gasteiger partial charge in [-0.05, 0) is 24.0 Å².